The Hall–Kier alpha value is -1.32. The van der Waals surface area contributed by atoms with Crippen LogP contribution in [-0.2, 0) is 0 Å². The highest BCUT2D eigenvalue weighted by atomic mass is 35.5. The Balaban J connectivity index is 2.99. The van der Waals surface area contributed by atoms with E-state index in [1.807, 2.05) is 0 Å². The van der Waals surface area contributed by atoms with Crippen molar-refractivity contribution in [2.75, 3.05) is 13.1 Å². The summed E-state index contributed by atoms with van der Waals surface area (Å²) in [5, 5.41) is 0.385. The topological polar surface area (TPSA) is 33.2 Å². The number of aromatic nitrogens is 1. The largest absolute Gasteiger partial charge is 0.331 e. The predicted molar refractivity (Wildman–Crippen MR) is 70.6 cm³/mol. The zero-order valence-corrected chi connectivity index (χ0v) is 10.7. The zero-order valence-electron chi connectivity index (χ0n) is 9.20. The van der Waals surface area contributed by atoms with Crippen molar-refractivity contribution in [3.8, 4) is 0 Å². The average Bonchev–Trinajstić information content (AvgIpc) is 2.26. The van der Waals surface area contributed by atoms with E-state index in [-0.39, 0.29) is 16.2 Å². The fourth-order valence-corrected chi connectivity index (χ4v) is 1.78. The normalized spacial score (nSPS) is 9.76. The highest BCUT2D eigenvalue weighted by Gasteiger charge is 2.14. The van der Waals surface area contributed by atoms with Crippen LogP contribution in [0.3, 0.4) is 0 Å². The molecule has 0 saturated heterocycles. The van der Waals surface area contributed by atoms with Gasteiger partial charge in [-0.05, 0) is 12.1 Å². The maximum atomic E-state index is 12.1. The molecule has 0 aliphatic rings. The van der Waals surface area contributed by atoms with Crippen LogP contribution in [-0.4, -0.2) is 28.9 Å². The molecule has 1 amide bonds. The third kappa shape index (κ3) is 3.88. The number of halogens is 2. The van der Waals surface area contributed by atoms with Gasteiger partial charge in [0.2, 0.25) is 0 Å². The lowest BCUT2D eigenvalue weighted by Crippen LogP contribution is -2.31. The Morgan fingerprint density at radius 2 is 1.71 bits per heavy atom. The molecule has 0 fully saturated rings. The van der Waals surface area contributed by atoms with Crippen LogP contribution in [0, 0.1) is 0 Å². The molecule has 0 unspecified atom stereocenters. The van der Waals surface area contributed by atoms with Gasteiger partial charge in [-0.25, -0.2) is 4.98 Å². The molecular formula is C12H12Cl2N2O. The van der Waals surface area contributed by atoms with Crippen molar-refractivity contribution in [1.82, 2.24) is 9.88 Å². The third-order valence-electron chi connectivity index (χ3n) is 2.00. The first-order chi connectivity index (χ1) is 8.08. The lowest BCUT2D eigenvalue weighted by Gasteiger charge is -2.19. The van der Waals surface area contributed by atoms with Gasteiger partial charge in [-0.3, -0.25) is 4.79 Å². The lowest BCUT2D eigenvalue weighted by atomic mass is 10.2. The summed E-state index contributed by atoms with van der Waals surface area (Å²) in [5.41, 5.74) is 0.402. The first-order valence-electron chi connectivity index (χ1n) is 4.92. The molecule has 1 aromatic heterocycles. The van der Waals surface area contributed by atoms with Gasteiger partial charge in [0.25, 0.3) is 5.91 Å². The molecule has 0 saturated carbocycles. The van der Waals surface area contributed by atoms with Crippen molar-refractivity contribution in [3.63, 3.8) is 0 Å². The summed E-state index contributed by atoms with van der Waals surface area (Å²) in [7, 11) is 0. The summed E-state index contributed by atoms with van der Waals surface area (Å²) in [6.45, 7) is 8.07. The van der Waals surface area contributed by atoms with Crippen molar-refractivity contribution in [3.05, 3.63) is 53.3 Å². The molecule has 1 aromatic rings. The van der Waals surface area contributed by atoms with Crippen molar-refractivity contribution < 1.29 is 4.79 Å². The number of amides is 1. The van der Waals surface area contributed by atoms with Crippen molar-refractivity contribution in [1.29, 1.82) is 0 Å². The van der Waals surface area contributed by atoms with E-state index in [9.17, 15) is 4.79 Å². The Morgan fingerprint density at radius 1 is 1.24 bits per heavy atom. The average molecular weight is 271 g/mol. The van der Waals surface area contributed by atoms with Crippen LogP contribution in [0.15, 0.2) is 37.4 Å². The number of carbonyl (C=O) groups is 1. The van der Waals surface area contributed by atoms with Crippen LogP contribution in [0.2, 0.25) is 10.3 Å². The van der Waals surface area contributed by atoms with Crippen molar-refractivity contribution in [2.45, 2.75) is 0 Å². The third-order valence-corrected chi connectivity index (χ3v) is 2.38. The number of nitrogens with zero attached hydrogens (tertiary/aromatic N) is 2. The standard InChI is InChI=1S/C12H12Cl2N2O/c1-3-5-16(6-4-2)12(17)9-7-10(13)15-11(14)8-9/h3-4,7-8H,1-2,5-6H2. The molecule has 1 rings (SSSR count). The van der Waals surface area contributed by atoms with Gasteiger partial charge in [-0.1, -0.05) is 35.4 Å². The molecule has 17 heavy (non-hydrogen) atoms. The van der Waals surface area contributed by atoms with E-state index >= 15 is 0 Å². The molecule has 90 valence electrons. The van der Waals surface area contributed by atoms with E-state index in [2.05, 4.69) is 18.1 Å². The Bertz CT molecular complexity index is 416. The summed E-state index contributed by atoms with van der Waals surface area (Å²) in [5.74, 6) is -0.184. The van der Waals surface area contributed by atoms with Gasteiger partial charge in [0.05, 0.1) is 0 Å². The van der Waals surface area contributed by atoms with Gasteiger partial charge in [0, 0.05) is 18.7 Å². The van der Waals surface area contributed by atoms with Gasteiger partial charge in [-0.15, -0.1) is 13.2 Å². The molecule has 0 aliphatic heterocycles. The van der Waals surface area contributed by atoms with Crippen LogP contribution < -0.4 is 0 Å². The van der Waals surface area contributed by atoms with E-state index < -0.39 is 0 Å². The number of carbonyl (C=O) groups excluding carboxylic acids is 1. The Labute approximate surface area is 110 Å². The van der Waals surface area contributed by atoms with Gasteiger partial charge in [-0.2, -0.15) is 0 Å². The van der Waals surface area contributed by atoms with E-state index in [0.717, 1.165) is 0 Å². The molecule has 0 N–H and O–H groups in total. The number of rotatable bonds is 5. The minimum Gasteiger partial charge on any atom is -0.331 e. The summed E-state index contributed by atoms with van der Waals surface area (Å²) in [6, 6.07) is 2.96. The molecule has 0 radical (unpaired) electrons. The number of hydrogen-bond donors (Lipinski definition) is 0. The molecule has 0 aromatic carbocycles. The zero-order chi connectivity index (χ0) is 12.8. The van der Waals surface area contributed by atoms with E-state index in [1.54, 1.807) is 17.1 Å². The van der Waals surface area contributed by atoms with Crippen LogP contribution in [0.25, 0.3) is 0 Å². The van der Waals surface area contributed by atoms with E-state index in [0.29, 0.717) is 18.7 Å². The van der Waals surface area contributed by atoms with E-state index in [4.69, 9.17) is 23.2 Å². The van der Waals surface area contributed by atoms with Crippen molar-refractivity contribution >= 4 is 29.1 Å². The van der Waals surface area contributed by atoms with Crippen LogP contribution in [0.5, 0.6) is 0 Å². The summed E-state index contributed by atoms with van der Waals surface area (Å²) in [6.07, 6.45) is 3.29. The van der Waals surface area contributed by atoms with E-state index in [1.165, 1.54) is 12.1 Å². The van der Waals surface area contributed by atoms with Gasteiger partial charge in [0.1, 0.15) is 10.3 Å². The van der Waals surface area contributed by atoms with Crippen LogP contribution in [0.1, 0.15) is 10.4 Å². The quantitative estimate of drug-likeness (QED) is 0.608. The maximum absolute atomic E-state index is 12.1. The minimum absolute atomic E-state index is 0.184. The van der Waals surface area contributed by atoms with Gasteiger partial charge >= 0.3 is 0 Å². The molecule has 0 bridgehead atoms. The molecule has 0 atom stereocenters. The summed E-state index contributed by atoms with van der Waals surface area (Å²) < 4.78 is 0. The molecule has 3 nitrogen and oxygen atoms in total. The highest BCUT2D eigenvalue weighted by Crippen LogP contribution is 2.16. The second-order valence-corrected chi connectivity index (χ2v) is 4.06. The van der Waals surface area contributed by atoms with Crippen LogP contribution >= 0.6 is 23.2 Å². The first kappa shape index (κ1) is 13.7. The molecule has 0 aliphatic carbocycles. The molecule has 0 spiro atoms. The number of hydrogen-bond acceptors (Lipinski definition) is 2. The number of pyridine rings is 1. The molecule has 5 heteroatoms. The maximum Gasteiger partial charge on any atom is 0.254 e. The van der Waals surface area contributed by atoms with Gasteiger partial charge < -0.3 is 4.90 Å². The van der Waals surface area contributed by atoms with Crippen LogP contribution in [0.4, 0.5) is 0 Å². The highest BCUT2D eigenvalue weighted by molar-refractivity contribution is 6.33. The molecular weight excluding hydrogens is 259 g/mol. The monoisotopic (exact) mass is 270 g/mol. The van der Waals surface area contributed by atoms with Gasteiger partial charge in [0.15, 0.2) is 0 Å². The predicted octanol–water partition coefficient (Wildman–Crippen LogP) is 3.20. The Kier molecular flexibility index (Phi) is 5.19. The SMILES string of the molecule is C=CCN(CC=C)C(=O)c1cc(Cl)nc(Cl)c1. The first-order valence-corrected chi connectivity index (χ1v) is 5.68. The second kappa shape index (κ2) is 6.42. The lowest BCUT2D eigenvalue weighted by molar-refractivity contribution is 0.0790. The smallest absolute Gasteiger partial charge is 0.254 e. The summed E-state index contributed by atoms with van der Waals surface area (Å²) in [4.78, 5) is 17.5. The fourth-order valence-electron chi connectivity index (χ4n) is 1.32. The second-order valence-electron chi connectivity index (χ2n) is 3.29. The minimum atomic E-state index is -0.184. The summed E-state index contributed by atoms with van der Waals surface area (Å²) >= 11 is 11.5. The van der Waals surface area contributed by atoms with Crippen molar-refractivity contribution in [2.24, 2.45) is 0 Å². The Morgan fingerprint density at radius 3 is 2.12 bits per heavy atom. The molecule has 1 heterocycles. The fraction of sp³-hybridized carbons (Fsp3) is 0.167.